The molecule has 1 aromatic heterocycles. The smallest absolute Gasteiger partial charge is 0.220 e. The first kappa shape index (κ1) is 16.9. The first-order valence-electron chi connectivity index (χ1n) is 7.19. The van der Waals surface area contributed by atoms with Crippen molar-refractivity contribution in [2.24, 2.45) is 0 Å². The quantitative estimate of drug-likeness (QED) is 0.761. The Morgan fingerprint density at radius 2 is 2.14 bits per heavy atom. The molecule has 0 unspecified atom stereocenters. The molecule has 7 heteroatoms. The lowest BCUT2D eigenvalue weighted by Crippen LogP contribution is -2.43. The highest BCUT2D eigenvalue weighted by molar-refractivity contribution is 7.89. The molecule has 1 aliphatic heterocycles. The zero-order valence-corrected chi connectivity index (χ0v) is 14.5. The van der Waals surface area contributed by atoms with Gasteiger partial charge in [0.05, 0.1) is 6.10 Å². The maximum absolute atomic E-state index is 12.9. The maximum atomic E-state index is 12.9. The van der Waals surface area contributed by atoms with Crippen molar-refractivity contribution < 1.29 is 13.2 Å². The number of hydrogen-bond acceptors (Lipinski definition) is 5. The van der Waals surface area contributed by atoms with Crippen molar-refractivity contribution in [2.75, 3.05) is 33.8 Å². The van der Waals surface area contributed by atoms with E-state index < -0.39 is 15.3 Å². The predicted octanol–water partition coefficient (Wildman–Crippen LogP) is 1.62. The minimum Gasteiger partial charge on any atom is -0.377 e. The second-order valence-electron chi connectivity index (χ2n) is 5.66. The van der Waals surface area contributed by atoms with Crippen molar-refractivity contribution in [3.05, 3.63) is 22.4 Å². The van der Waals surface area contributed by atoms with E-state index in [9.17, 15) is 8.42 Å². The summed E-state index contributed by atoms with van der Waals surface area (Å²) < 4.78 is 32.9. The molecule has 0 radical (unpaired) electrons. The number of sulfonamides is 1. The molecular formula is C14H24N2O3S2. The summed E-state index contributed by atoms with van der Waals surface area (Å²) in [5, 5.41) is 1.56. The van der Waals surface area contributed by atoms with E-state index in [1.54, 1.807) is 15.6 Å². The predicted molar refractivity (Wildman–Crippen MR) is 86.0 cm³/mol. The lowest BCUT2D eigenvalue weighted by Gasteiger charge is -2.27. The first-order chi connectivity index (χ1) is 9.91. The summed E-state index contributed by atoms with van der Waals surface area (Å²) in [7, 11) is 0.578. The highest BCUT2D eigenvalue weighted by Gasteiger charge is 2.39. The molecule has 0 aliphatic carbocycles. The van der Waals surface area contributed by atoms with Crippen LogP contribution in [0.1, 0.15) is 18.2 Å². The van der Waals surface area contributed by atoms with Gasteiger partial charge in [0.2, 0.25) is 10.0 Å². The van der Waals surface area contributed by atoms with E-state index in [0.29, 0.717) is 32.7 Å². The second-order valence-corrected chi connectivity index (χ2v) is 8.85. The molecule has 0 N–H and O–H groups in total. The Balaban J connectivity index is 2.16. The van der Waals surface area contributed by atoms with E-state index in [1.807, 2.05) is 43.4 Å². The van der Waals surface area contributed by atoms with Crippen LogP contribution in [0.5, 0.6) is 0 Å². The van der Waals surface area contributed by atoms with Crippen LogP contribution >= 0.6 is 11.3 Å². The fourth-order valence-electron chi connectivity index (χ4n) is 2.48. The summed E-state index contributed by atoms with van der Waals surface area (Å²) in [5.41, 5.74) is 0. The van der Waals surface area contributed by atoms with Crippen LogP contribution in [0.4, 0.5) is 0 Å². The number of hydrogen-bond donors (Lipinski definition) is 0. The molecule has 0 saturated carbocycles. The van der Waals surface area contributed by atoms with Crippen molar-refractivity contribution in [2.45, 2.75) is 31.2 Å². The van der Waals surface area contributed by atoms with E-state index in [-0.39, 0.29) is 6.10 Å². The van der Waals surface area contributed by atoms with E-state index in [4.69, 9.17) is 4.74 Å². The van der Waals surface area contributed by atoms with Crippen molar-refractivity contribution >= 4 is 21.4 Å². The summed E-state index contributed by atoms with van der Waals surface area (Å²) in [6, 6.07) is 3.94. The lowest BCUT2D eigenvalue weighted by molar-refractivity contribution is 0.125. The van der Waals surface area contributed by atoms with Crippen LogP contribution < -0.4 is 0 Å². The minimum atomic E-state index is -3.33. The Morgan fingerprint density at radius 3 is 2.67 bits per heavy atom. The Labute approximate surface area is 131 Å². The molecule has 2 rings (SSSR count). The zero-order chi connectivity index (χ0) is 15.5. The molecule has 0 bridgehead atoms. The largest absolute Gasteiger partial charge is 0.377 e. The number of thiophene rings is 1. The van der Waals surface area contributed by atoms with Gasteiger partial charge in [0.1, 0.15) is 5.25 Å². The SMILES string of the molecule is C[C@@H]1OCC[C@@H]1S(=O)(=O)N(CCN(C)C)Cc1cccs1. The van der Waals surface area contributed by atoms with E-state index in [2.05, 4.69) is 0 Å². The monoisotopic (exact) mass is 332 g/mol. The van der Waals surface area contributed by atoms with Crippen LogP contribution in [-0.4, -0.2) is 62.8 Å². The molecule has 0 amide bonds. The van der Waals surface area contributed by atoms with Crippen LogP contribution in [-0.2, 0) is 21.3 Å². The normalized spacial score (nSPS) is 23.3. The molecule has 2 atom stereocenters. The molecule has 0 spiro atoms. The molecular weight excluding hydrogens is 308 g/mol. The van der Waals surface area contributed by atoms with Crippen LogP contribution in [0.3, 0.4) is 0 Å². The minimum absolute atomic E-state index is 0.222. The van der Waals surface area contributed by atoms with Gasteiger partial charge in [0.15, 0.2) is 0 Å². The molecule has 1 saturated heterocycles. The van der Waals surface area contributed by atoms with Crippen molar-refractivity contribution in [3.8, 4) is 0 Å². The van der Waals surface area contributed by atoms with Gasteiger partial charge in [-0.2, -0.15) is 4.31 Å². The third-order valence-corrected chi connectivity index (χ3v) is 7.03. The summed E-state index contributed by atoms with van der Waals surface area (Å²) in [6.07, 6.45) is 0.368. The molecule has 5 nitrogen and oxygen atoms in total. The summed E-state index contributed by atoms with van der Waals surface area (Å²) in [4.78, 5) is 3.08. The number of nitrogens with zero attached hydrogens (tertiary/aromatic N) is 2. The van der Waals surface area contributed by atoms with Gasteiger partial charge in [-0.05, 0) is 38.9 Å². The summed E-state index contributed by atoms with van der Waals surface area (Å²) >= 11 is 1.59. The maximum Gasteiger partial charge on any atom is 0.220 e. The van der Waals surface area contributed by atoms with Crippen molar-refractivity contribution in [1.82, 2.24) is 9.21 Å². The standard InChI is InChI=1S/C14H24N2O3S2/c1-12-14(6-9-19-12)21(17,18)16(8-7-15(2)3)11-13-5-4-10-20-13/h4-5,10,12,14H,6-9,11H2,1-3H3/t12-,14-/m0/s1. The van der Waals surface area contributed by atoms with Gasteiger partial charge in [-0.25, -0.2) is 8.42 Å². The molecule has 1 aliphatic rings. The van der Waals surface area contributed by atoms with Crippen molar-refractivity contribution in [1.29, 1.82) is 0 Å². The van der Waals surface area contributed by atoms with Gasteiger partial charge >= 0.3 is 0 Å². The molecule has 1 fully saturated rings. The third-order valence-electron chi connectivity index (χ3n) is 3.76. The Kier molecular flexibility index (Phi) is 5.79. The summed E-state index contributed by atoms with van der Waals surface area (Å²) in [6.45, 7) is 4.07. The first-order valence-corrected chi connectivity index (χ1v) is 9.57. The fourth-order valence-corrected chi connectivity index (χ4v) is 5.28. The van der Waals surface area contributed by atoms with Crippen molar-refractivity contribution in [3.63, 3.8) is 0 Å². The van der Waals surface area contributed by atoms with E-state index in [0.717, 1.165) is 4.88 Å². The topological polar surface area (TPSA) is 49.9 Å². The van der Waals surface area contributed by atoms with Crippen LogP contribution in [0.25, 0.3) is 0 Å². The Morgan fingerprint density at radius 1 is 1.38 bits per heavy atom. The highest BCUT2D eigenvalue weighted by Crippen LogP contribution is 2.25. The van der Waals surface area contributed by atoms with Crippen LogP contribution in [0.2, 0.25) is 0 Å². The second kappa shape index (κ2) is 7.19. The van der Waals surface area contributed by atoms with Gasteiger partial charge < -0.3 is 9.64 Å². The zero-order valence-electron chi connectivity index (χ0n) is 12.9. The molecule has 0 aromatic carbocycles. The lowest BCUT2D eigenvalue weighted by atomic mass is 10.3. The average molecular weight is 332 g/mol. The average Bonchev–Trinajstić information content (AvgIpc) is 3.05. The van der Waals surface area contributed by atoms with Crippen LogP contribution in [0.15, 0.2) is 17.5 Å². The number of rotatable bonds is 7. The Hall–Kier alpha value is -0.470. The van der Waals surface area contributed by atoms with Crippen LogP contribution in [0, 0.1) is 0 Å². The van der Waals surface area contributed by atoms with E-state index in [1.165, 1.54) is 0 Å². The fraction of sp³-hybridized carbons (Fsp3) is 0.714. The van der Waals surface area contributed by atoms with Gasteiger partial charge in [-0.1, -0.05) is 6.07 Å². The molecule has 1 aromatic rings. The number of likely N-dealkylation sites (N-methyl/N-ethyl adjacent to an activating group) is 1. The molecule has 120 valence electrons. The van der Waals surface area contributed by atoms with Gasteiger partial charge in [-0.15, -0.1) is 11.3 Å². The van der Waals surface area contributed by atoms with Gasteiger partial charge in [0, 0.05) is 31.1 Å². The molecule has 2 heterocycles. The number of ether oxygens (including phenoxy) is 1. The van der Waals surface area contributed by atoms with Gasteiger partial charge in [-0.3, -0.25) is 0 Å². The van der Waals surface area contributed by atoms with E-state index >= 15 is 0 Å². The third kappa shape index (κ3) is 4.26. The van der Waals surface area contributed by atoms with Gasteiger partial charge in [0.25, 0.3) is 0 Å². The highest BCUT2D eigenvalue weighted by atomic mass is 32.2. The summed E-state index contributed by atoms with van der Waals surface area (Å²) in [5.74, 6) is 0. The molecule has 21 heavy (non-hydrogen) atoms. The Bertz CT molecular complexity index is 528.